The van der Waals surface area contributed by atoms with Crippen LogP contribution in [0.3, 0.4) is 0 Å². The first-order valence-corrected chi connectivity index (χ1v) is 11.8. The van der Waals surface area contributed by atoms with Gasteiger partial charge in [-0.3, -0.25) is 4.79 Å². The van der Waals surface area contributed by atoms with Gasteiger partial charge in [0.25, 0.3) is 0 Å². The van der Waals surface area contributed by atoms with Crippen molar-refractivity contribution in [3.05, 3.63) is 52.8 Å². The summed E-state index contributed by atoms with van der Waals surface area (Å²) in [5, 5.41) is 24.2. The molecule has 7 nitrogen and oxygen atoms in total. The molecule has 1 aliphatic carbocycles. The lowest BCUT2D eigenvalue weighted by molar-refractivity contribution is -0.154. The average Bonchev–Trinajstić information content (AvgIpc) is 3.23. The molecule has 0 amide bonds. The molecule has 1 fully saturated rings. The van der Waals surface area contributed by atoms with Crippen LogP contribution in [0.1, 0.15) is 49.2 Å². The topological polar surface area (TPSA) is 108 Å². The number of anilines is 2. The Balaban J connectivity index is 1.59. The summed E-state index contributed by atoms with van der Waals surface area (Å²) >= 11 is 1.27. The molecule has 0 unspecified atom stereocenters. The third-order valence-corrected chi connectivity index (χ3v) is 7.52. The molecule has 3 N–H and O–H groups in total. The number of hydrogen-bond donors (Lipinski definition) is 3. The van der Waals surface area contributed by atoms with E-state index in [1.807, 2.05) is 26.8 Å². The molecule has 1 aliphatic rings. The summed E-state index contributed by atoms with van der Waals surface area (Å²) in [6, 6.07) is 5.32. The van der Waals surface area contributed by atoms with Gasteiger partial charge in [-0.15, -0.1) is 11.3 Å². The zero-order chi connectivity index (χ0) is 25.6. The first-order valence-electron chi connectivity index (χ1n) is 11.0. The largest absolute Gasteiger partial charge is 0.481 e. The van der Waals surface area contributed by atoms with Gasteiger partial charge in [-0.25, -0.2) is 15.0 Å². The predicted octanol–water partition coefficient (Wildman–Crippen LogP) is 5.77. The number of rotatable bonds is 5. The summed E-state index contributed by atoms with van der Waals surface area (Å²) in [6.07, 6.45) is -0.910. The smallest absolute Gasteiger partial charge is 0.416 e. The van der Waals surface area contributed by atoms with Crippen molar-refractivity contribution in [2.75, 3.05) is 5.32 Å². The molecular weight excluding hydrogens is 481 g/mol. The molecule has 3 aromatic heterocycles. The van der Waals surface area contributed by atoms with E-state index < -0.39 is 34.6 Å². The summed E-state index contributed by atoms with van der Waals surface area (Å²) in [7, 11) is 0. The number of nitrogens with zero attached hydrogens (tertiary/aromatic N) is 3. The van der Waals surface area contributed by atoms with Crippen LogP contribution >= 0.6 is 11.3 Å². The number of thiazole rings is 1. The molecule has 35 heavy (non-hydrogen) atoms. The average molecular weight is 507 g/mol. The summed E-state index contributed by atoms with van der Waals surface area (Å²) in [5.74, 6) is -1.07. The molecule has 3 aromatic rings. The monoisotopic (exact) mass is 506 g/mol. The Morgan fingerprint density at radius 1 is 1.20 bits per heavy atom. The molecule has 4 rings (SSSR count). The van der Waals surface area contributed by atoms with Gasteiger partial charge < -0.3 is 15.5 Å². The Bertz CT molecular complexity index is 1260. The maximum absolute atomic E-state index is 13.0. The van der Waals surface area contributed by atoms with E-state index in [1.165, 1.54) is 11.3 Å². The van der Waals surface area contributed by atoms with Crippen LogP contribution < -0.4 is 5.32 Å². The lowest BCUT2D eigenvalue weighted by Crippen LogP contribution is -2.44. The Morgan fingerprint density at radius 2 is 1.94 bits per heavy atom. The normalized spacial score (nSPS) is 22.1. The number of halogens is 3. The summed E-state index contributed by atoms with van der Waals surface area (Å²) in [4.78, 5) is 25.2. The number of carbonyl (C=O) groups is 1. The number of aliphatic carboxylic acids is 1. The highest BCUT2D eigenvalue weighted by atomic mass is 32.1. The Kier molecular flexibility index (Phi) is 6.35. The van der Waals surface area contributed by atoms with E-state index in [9.17, 15) is 28.2 Å². The van der Waals surface area contributed by atoms with Crippen LogP contribution in [-0.4, -0.2) is 31.1 Å². The van der Waals surface area contributed by atoms with Gasteiger partial charge in [-0.2, -0.15) is 13.2 Å². The maximum atomic E-state index is 13.0. The molecule has 0 saturated heterocycles. The van der Waals surface area contributed by atoms with Gasteiger partial charge in [0.15, 0.2) is 0 Å². The summed E-state index contributed by atoms with van der Waals surface area (Å²) in [5.41, 5.74) is -1.30. The van der Waals surface area contributed by atoms with Gasteiger partial charge in [-0.05, 0) is 61.4 Å². The zero-order valence-electron chi connectivity index (χ0n) is 19.3. The van der Waals surface area contributed by atoms with Crippen LogP contribution in [0.2, 0.25) is 0 Å². The summed E-state index contributed by atoms with van der Waals surface area (Å²) in [6.45, 7) is 5.51. The fraction of sp³-hybridized carbons (Fsp3) is 0.417. The third-order valence-electron chi connectivity index (χ3n) is 6.31. The van der Waals surface area contributed by atoms with E-state index in [0.29, 0.717) is 27.8 Å². The maximum Gasteiger partial charge on any atom is 0.416 e. The lowest BCUT2D eigenvalue weighted by atomic mass is 9.63. The van der Waals surface area contributed by atoms with Gasteiger partial charge in [-0.1, -0.05) is 13.8 Å². The zero-order valence-corrected chi connectivity index (χ0v) is 20.2. The Morgan fingerprint density at radius 3 is 2.60 bits per heavy atom. The van der Waals surface area contributed by atoms with E-state index in [0.717, 1.165) is 23.9 Å². The van der Waals surface area contributed by atoms with Crippen LogP contribution in [0, 0.1) is 18.3 Å². The molecule has 186 valence electrons. The van der Waals surface area contributed by atoms with E-state index in [2.05, 4.69) is 20.3 Å². The molecule has 0 radical (unpaired) electrons. The SMILES string of the molecule is Cc1cc(Nc2cc(C(F)(F)F)ccn2)nc(-c2cnc([C@]3(O)CC[C@@H](C(=O)O)C(C)(C)C3)s2)c1. The van der Waals surface area contributed by atoms with Crippen molar-refractivity contribution < 1.29 is 28.2 Å². The number of aryl methyl sites for hydroxylation is 1. The number of pyridine rings is 2. The van der Waals surface area contributed by atoms with E-state index in [-0.39, 0.29) is 18.7 Å². The van der Waals surface area contributed by atoms with Gasteiger partial charge in [0.2, 0.25) is 0 Å². The second kappa shape index (κ2) is 8.87. The molecule has 0 spiro atoms. The van der Waals surface area contributed by atoms with Crippen LogP contribution in [0.5, 0.6) is 0 Å². The minimum atomic E-state index is -4.48. The van der Waals surface area contributed by atoms with Crippen molar-refractivity contribution in [3.8, 4) is 10.6 Å². The molecule has 0 bridgehead atoms. The van der Waals surface area contributed by atoms with Crippen LogP contribution in [0.4, 0.5) is 24.8 Å². The molecule has 0 aromatic carbocycles. The highest BCUT2D eigenvalue weighted by molar-refractivity contribution is 7.15. The fourth-order valence-electron chi connectivity index (χ4n) is 4.65. The van der Waals surface area contributed by atoms with Gasteiger partial charge in [0, 0.05) is 12.4 Å². The molecule has 0 aliphatic heterocycles. The summed E-state index contributed by atoms with van der Waals surface area (Å²) < 4.78 is 39.1. The van der Waals surface area contributed by atoms with Crippen molar-refractivity contribution >= 4 is 28.9 Å². The van der Waals surface area contributed by atoms with E-state index in [4.69, 9.17) is 0 Å². The highest BCUT2D eigenvalue weighted by Gasteiger charge is 2.49. The first kappa shape index (κ1) is 25.1. The Hall–Kier alpha value is -3.05. The molecule has 11 heteroatoms. The second-order valence-corrected chi connectivity index (χ2v) is 10.7. The third kappa shape index (κ3) is 5.30. The quantitative estimate of drug-likeness (QED) is 0.403. The fourth-order valence-corrected chi connectivity index (χ4v) is 5.64. The van der Waals surface area contributed by atoms with Gasteiger partial charge >= 0.3 is 12.1 Å². The van der Waals surface area contributed by atoms with E-state index in [1.54, 1.807) is 12.3 Å². The highest BCUT2D eigenvalue weighted by Crippen LogP contribution is 2.50. The van der Waals surface area contributed by atoms with Crippen molar-refractivity contribution in [1.82, 2.24) is 15.0 Å². The predicted molar refractivity (Wildman–Crippen MR) is 125 cm³/mol. The van der Waals surface area contributed by atoms with Crippen LogP contribution in [0.15, 0.2) is 36.7 Å². The van der Waals surface area contributed by atoms with Crippen LogP contribution in [0.25, 0.3) is 10.6 Å². The molecule has 3 heterocycles. The van der Waals surface area contributed by atoms with Crippen molar-refractivity contribution in [2.24, 2.45) is 11.3 Å². The minimum absolute atomic E-state index is 0.0144. The van der Waals surface area contributed by atoms with Gasteiger partial charge in [0.05, 0.1) is 22.1 Å². The lowest BCUT2D eigenvalue weighted by Gasteiger charge is -2.44. The number of carboxylic acid groups (broad SMARTS) is 1. The number of alkyl halides is 3. The molecule has 1 saturated carbocycles. The van der Waals surface area contributed by atoms with E-state index >= 15 is 0 Å². The minimum Gasteiger partial charge on any atom is -0.481 e. The number of hydrogen-bond acceptors (Lipinski definition) is 7. The number of nitrogens with one attached hydrogen (secondary N) is 1. The Labute approximate surface area is 204 Å². The second-order valence-electron chi connectivity index (χ2n) is 9.62. The van der Waals surface area contributed by atoms with Crippen molar-refractivity contribution in [2.45, 2.75) is 51.8 Å². The van der Waals surface area contributed by atoms with Crippen molar-refractivity contribution in [1.29, 1.82) is 0 Å². The van der Waals surface area contributed by atoms with Gasteiger partial charge in [0.1, 0.15) is 22.2 Å². The van der Waals surface area contributed by atoms with Crippen LogP contribution in [-0.2, 0) is 16.6 Å². The van der Waals surface area contributed by atoms with Crippen molar-refractivity contribution in [3.63, 3.8) is 0 Å². The first-order chi connectivity index (χ1) is 16.3. The number of carboxylic acids is 1. The number of aromatic nitrogens is 3. The standard InChI is InChI=1S/C24H25F3N4O3S/c1-13-8-16(30-19(9-13)31-18-10-14(5-7-28-18)24(25,26)27)17-11-29-21(35-17)23(34)6-4-15(20(32)33)22(2,3)12-23/h5,7-11,15,34H,4,6,12H2,1-3H3,(H,32,33)(H,28,30,31)/t15-,23-/m0/s1. The molecule has 2 atom stereocenters. The number of aliphatic hydroxyl groups is 1. The molecular formula is C24H25F3N4O3S.